The van der Waals surface area contributed by atoms with E-state index in [0.29, 0.717) is 44.2 Å². The molecule has 1 aliphatic heterocycles. The van der Waals surface area contributed by atoms with Crippen LogP contribution in [0.3, 0.4) is 0 Å². The van der Waals surface area contributed by atoms with Gasteiger partial charge in [-0.3, -0.25) is 14.2 Å². The van der Waals surface area contributed by atoms with Gasteiger partial charge in [0.2, 0.25) is 5.88 Å². The fraction of sp³-hybridized carbons (Fsp3) is 0.103. The highest BCUT2D eigenvalue weighted by atomic mass is 35.5. The molecule has 8 nitrogen and oxygen atoms in total. The average Bonchev–Trinajstić information content (AvgIpc) is 3.40. The second-order valence-electron chi connectivity index (χ2n) is 9.02. The number of rotatable bonds is 5. The quantitative estimate of drug-likeness (QED) is 0.208. The highest BCUT2D eigenvalue weighted by molar-refractivity contribution is 6.43. The molecule has 0 fully saturated rings. The van der Waals surface area contributed by atoms with Crippen molar-refractivity contribution in [2.75, 3.05) is 5.01 Å². The number of benzene rings is 2. The normalized spacial score (nSPS) is 14.9. The minimum atomic E-state index is -0.390. The number of hydrogen-bond donors (Lipinski definition) is 1. The van der Waals surface area contributed by atoms with Gasteiger partial charge >= 0.3 is 0 Å². The molecule has 0 unspecified atom stereocenters. The van der Waals surface area contributed by atoms with Gasteiger partial charge in [-0.15, -0.1) is 5.10 Å². The van der Waals surface area contributed by atoms with Crippen LogP contribution >= 0.6 is 34.8 Å². The van der Waals surface area contributed by atoms with Crippen molar-refractivity contribution < 1.29 is 9.90 Å². The van der Waals surface area contributed by atoms with Crippen molar-refractivity contribution in [2.24, 2.45) is 12.1 Å². The minimum Gasteiger partial charge on any atom is -0.493 e. The number of hydrazone groups is 1. The number of pyridine rings is 1. The highest BCUT2D eigenvalue weighted by Gasteiger charge is 2.31. The Balaban J connectivity index is 1.42. The summed E-state index contributed by atoms with van der Waals surface area (Å²) in [5.74, 6) is -0.442. The van der Waals surface area contributed by atoms with Gasteiger partial charge in [0.1, 0.15) is 5.69 Å². The van der Waals surface area contributed by atoms with E-state index in [1.165, 1.54) is 21.4 Å². The summed E-state index contributed by atoms with van der Waals surface area (Å²) in [6.07, 6.45) is 8.31. The van der Waals surface area contributed by atoms with Gasteiger partial charge < -0.3 is 5.11 Å². The number of fused-ring (bicyclic) bond motifs is 1. The van der Waals surface area contributed by atoms with E-state index in [9.17, 15) is 14.7 Å². The number of amides is 1. The van der Waals surface area contributed by atoms with Gasteiger partial charge in [-0.05, 0) is 55.8 Å². The number of carbonyl (C=O) groups is 1. The molecule has 3 heterocycles. The Kier molecular flexibility index (Phi) is 7.42. The molecule has 1 amide bonds. The first-order chi connectivity index (χ1) is 19.1. The van der Waals surface area contributed by atoms with Crippen LogP contribution in [0.5, 0.6) is 5.88 Å². The van der Waals surface area contributed by atoms with Crippen molar-refractivity contribution in [2.45, 2.75) is 13.8 Å². The summed E-state index contributed by atoms with van der Waals surface area (Å²) in [7, 11) is 1.61. The van der Waals surface area contributed by atoms with E-state index in [0.717, 1.165) is 5.01 Å². The third kappa shape index (κ3) is 4.75. The first-order valence-corrected chi connectivity index (χ1v) is 13.2. The molecule has 4 aromatic rings. The van der Waals surface area contributed by atoms with Crippen LogP contribution in [0.4, 0.5) is 5.69 Å². The Bertz CT molecular complexity index is 1840. The number of aryl methyl sites for hydroxylation is 2. The van der Waals surface area contributed by atoms with Gasteiger partial charge in [0.05, 0.1) is 32.4 Å². The molecule has 0 spiro atoms. The molecule has 5 rings (SSSR count). The van der Waals surface area contributed by atoms with Crippen LogP contribution in [0.2, 0.25) is 15.1 Å². The fourth-order valence-corrected chi connectivity index (χ4v) is 5.43. The van der Waals surface area contributed by atoms with Crippen molar-refractivity contribution in [1.82, 2.24) is 14.3 Å². The molecular formula is C29H22Cl3N5O3. The Morgan fingerprint density at radius 3 is 2.30 bits per heavy atom. The van der Waals surface area contributed by atoms with Gasteiger partial charge in [0.15, 0.2) is 5.65 Å². The molecule has 11 heteroatoms. The van der Waals surface area contributed by atoms with Crippen molar-refractivity contribution >= 4 is 69.2 Å². The number of para-hydroxylation sites is 1. The summed E-state index contributed by atoms with van der Waals surface area (Å²) in [4.78, 5) is 26.2. The van der Waals surface area contributed by atoms with Crippen LogP contribution in [0, 0.1) is 6.92 Å². The second kappa shape index (κ2) is 10.8. The summed E-state index contributed by atoms with van der Waals surface area (Å²) in [5, 5.41) is 22.1. The second-order valence-corrected chi connectivity index (χ2v) is 10.3. The number of anilines is 1. The number of aromatic hydroxyl groups is 1. The molecule has 2 aromatic carbocycles. The van der Waals surface area contributed by atoms with Crippen molar-refractivity contribution in [3.8, 4) is 11.6 Å². The maximum Gasteiger partial charge on any atom is 0.280 e. The molecule has 0 bridgehead atoms. The molecule has 0 aliphatic carbocycles. The van der Waals surface area contributed by atoms with Crippen LogP contribution in [-0.2, 0) is 11.8 Å². The predicted molar refractivity (Wildman–Crippen MR) is 161 cm³/mol. The summed E-state index contributed by atoms with van der Waals surface area (Å²) >= 11 is 18.5. The van der Waals surface area contributed by atoms with Crippen LogP contribution in [0.15, 0.2) is 82.2 Å². The summed E-state index contributed by atoms with van der Waals surface area (Å²) in [5.41, 5.74) is 2.90. The standard InChI is InChI=1S/C29H22Cl3N5O3/c1-16-20(27(38)35(3)26-24(16)29(40)36(34-26)19-10-6-4-7-11-19)12-8-5-9-13-21-17(2)33-37(28(21)39)25-22(31)14-18(30)15-23(25)32/h4-15,40H,1-3H3/b9-5?,12-8?,21-13-. The Hall–Kier alpha value is -4.11. The molecule has 1 aliphatic rings. The molecule has 0 radical (unpaired) electrons. The molecule has 202 valence electrons. The van der Waals surface area contributed by atoms with E-state index in [-0.39, 0.29) is 27.2 Å². The van der Waals surface area contributed by atoms with Gasteiger partial charge in [-0.1, -0.05) is 71.2 Å². The fourth-order valence-electron chi connectivity index (χ4n) is 4.45. The number of carbonyl (C=O) groups excluding carboxylic acids is 1. The van der Waals surface area contributed by atoms with E-state index >= 15 is 0 Å². The SMILES string of the molecule is CC1=NN(c2c(Cl)cc(Cl)cc2Cl)C(=O)/C1=C\C=CC=Cc1c(C)c2c(O)n(-c3ccccc3)nc2n(C)c1=O. The first kappa shape index (κ1) is 27.5. The zero-order chi connectivity index (χ0) is 28.7. The van der Waals surface area contributed by atoms with Gasteiger partial charge in [0, 0.05) is 17.6 Å². The van der Waals surface area contributed by atoms with Crippen molar-refractivity contribution in [3.63, 3.8) is 0 Å². The number of hydrogen-bond acceptors (Lipinski definition) is 5. The van der Waals surface area contributed by atoms with E-state index < -0.39 is 5.91 Å². The largest absolute Gasteiger partial charge is 0.493 e. The van der Waals surface area contributed by atoms with Crippen LogP contribution in [0.25, 0.3) is 22.8 Å². The molecule has 0 atom stereocenters. The first-order valence-electron chi connectivity index (χ1n) is 12.1. The molecular weight excluding hydrogens is 573 g/mol. The van der Waals surface area contributed by atoms with Gasteiger partial charge in [0.25, 0.3) is 11.5 Å². The van der Waals surface area contributed by atoms with E-state index in [1.807, 2.05) is 30.3 Å². The molecule has 2 aromatic heterocycles. The van der Waals surface area contributed by atoms with E-state index in [2.05, 4.69) is 10.2 Å². The van der Waals surface area contributed by atoms with E-state index in [1.54, 1.807) is 51.3 Å². The lowest BCUT2D eigenvalue weighted by Crippen LogP contribution is -2.22. The topological polar surface area (TPSA) is 92.7 Å². The Morgan fingerprint density at radius 1 is 0.950 bits per heavy atom. The lowest BCUT2D eigenvalue weighted by molar-refractivity contribution is -0.114. The molecule has 0 saturated heterocycles. The molecule has 1 N–H and O–H groups in total. The summed E-state index contributed by atoms with van der Waals surface area (Å²) < 4.78 is 2.82. The van der Waals surface area contributed by atoms with Crippen molar-refractivity contribution in [1.29, 1.82) is 0 Å². The number of allylic oxidation sites excluding steroid dienone is 4. The lowest BCUT2D eigenvalue weighted by Gasteiger charge is -2.15. The lowest BCUT2D eigenvalue weighted by atomic mass is 10.1. The van der Waals surface area contributed by atoms with Crippen LogP contribution in [0.1, 0.15) is 18.1 Å². The third-order valence-corrected chi connectivity index (χ3v) is 7.27. The number of aromatic nitrogens is 3. The maximum absolute atomic E-state index is 13.1. The zero-order valence-electron chi connectivity index (χ0n) is 21.6. The number of halogens is 3. The summed E-state index contributed by atoms with van der Waals surface area (Å²) in [6.45, 7) is 3.47. The monoisotopic (exact) mass is 593 g/mol. The highest BCUT2D eigenvalue weighted by Crippen LogP contribution is 2.39. The zero-order valence-corrected chi connectivity index (χ0v) is 23.8. The Labute approximate surface area is 244 Å². The van der Waals surface area contributed by atoms with Crippen molar-refractivity contribution in [3.05, 3.63) is 109 Å². The smallest absolute Gasteiger partial charge is 0.280 e. The van der Waals surface area contributed by atoms with Crippen LogP contribution in [-0.4, -0.2) is 31.1 Å². The van der Waals surface area contributed by atoms with Crippen LogP contribution < -0.4 is 10.6 Å². The minimum absolute atomic E-state index is 0.0517. The summed E-state index contributed by atoms with van der Waals surface area (Å²) in [6, 6.07) is 12.2. The van der Waals surface area contributed by atoms with Gasteiger partial charge in [-0.2, -0.15) is 14.8 Å². The predicted octanol–water partition coefficient (Wildman–Crippen LogP) is 6.62. The van der Waals surface area contributed by atoms with Gasteiger partial charge in [-0.25, -0.2) is 0 Å². The molecule has 40 heavy (non-hydrogen) atoms. The Morgan fingerprint density at radius 2 is 1.62 bits per heavy atom. The average molecular weight is 595 g/mol. The third-order valence-electron chi connectivity index (χ3n) is 6.48. The maximum atomic E-state index is 13.1. The van der Waals surface area contributed by atoms with E-state index in [4.69, 9.17) is 34.8 Å². The number of nitrogens with zero attached hydrogens (tertiary/aromatic N) is 5. The molecule has 0 saturated carbocycles.